The maximum absolute atomic E-state index is 12.2. The minimum Gasteiger partial charge on any atom is -0.490 e. The van der Waals surface area contributed by atoms with Gasteiger partial charge in [0, 0.05) is 28.3 Å². The number of nitrogens with zero attached hydrogens (tertiary/aromatic N) is 1. The molecule has 0 aliphatic heterocycles. The summed E-state index contributed by atoms with van der Waals surface area (Å²) in [4.78, 5) is 16.4. The first kappa shape index (κ1) is 21.1. The van der Waals surface area contributed by atoms with Gasteiger partial charge in [0.15, 0.2) is 23.2 Å². The van der Waals surface area contributed by atoms with E-state index in [0.717, 1.165) is 26.4 Å². The monoisotopic (exact) mass is 475 g/mol. The van der Waals surface area contributed by atoms with Crippen molar-refractivity contribution in [2.24, 2.45) is 0 Å². The van der Waals surface area contributed by atoms with Crippen LogP contribution < -0.4 is 20.1 Å². The van der Waals surface area contributed by atoms with Crippen molar-refractivity contribution in [3.05, 3.63) is 63.6 Å². The van der Waals surface area contributed by atoms with Gasteiger partial charge in [-0.25, -0.2) is 4.98 Å². The number of aromatic nitrogens is 1. The molecule has 0 atom stereocenters. The Balaban J connectivity index is 1.64. The molecule has 152 valence electrons. The summed E-state index contributed by atoms with van der Waals surface area (Å²) in [6.45, 7) is 4.87. The highest BCUT2D eigenvalue weighted by molar-refractivity contribution is 9.10. The Bertz CT molecular complexity index is 947. The van der Waals surface area contributed by atoms with E-state index in [4.69, 9.17) is 9.47 Å². The van der Waals surface area contributed by atoms with Gasteiger partial charge in [-0.1, -0.05) is 33.6 Å². The van der Waals surface area contributed by atoms with Crippen LogP contribution in [0.4, 0.5) is 10.8 Å². The third kappa shape index (κ3) is 6.20. The van der Waals surface area contributed by atoms with Gasteiger partial charge in [-0.3, -0.25) is 4.79 Å². The Morgan fingerprint density at radius 3 is 2.62 bits per heavy atom. The maximum atomic E-state index is 12.2. The van der Waals surface area contributed by atoms with Crippen LogP contribution in [0.5, 0.6) is 11.5 Å². The first-order valence-electron chi connectivity index (χ1n) is 9.13. The molecule has 0 aliphatic rings. The lowest BCUT2D eigenvalue weighted by Gasteiger charge is -2.15. The smallest absolute Gasteiger partial charge is 0.262 e. The van der Waals surface area contributed by atoms with Gasteiger partial charge in [-0.2, -0.15) is 0 Å². The molecule has 1 amide bonds. The largest absolute Gasteiger partial charge is 0.490 e. The second kappa shape index (κ2) is 10.3. The van der Waals surface area contributed by atoms with Crippen molar-refractivity contribution in [1.82, 2.24) is 4.98 Å². The van der Waals surface area contributed by atoms with Crippen LogP contribution in [0.25, 0.3) is 0 Å². The van der Waals surface area contributed by atoms with Crippen LogP contribution in [0, 0.1) is 6.92 Å². The predicted molar refractivity (Wildman–Crippen MR) is 120 cm³/mol. The number of anilines is 2. The highest BCUT2D eigenvalue weighted by atomic mass is 79.9. The second-order valence-corrected chi connectivity index (χ2v) is 7.97. The molecule has 6 nitrogen and oxygen atoms in total. The summed E-state index contributed by atoms with van der Waals surface area (Å²) in [5.74, 6) is 0.868. The van der Waals surface area contributed by atoms with E-state index in [1.165, 1.54) is 0 Å². The van der Waals surface area contributed by atoms with E-state index in [-0.39, 0.29) is 12.5 Å². The van der Waals surface area contributed by atoms with E-state index in [1.807, 2.05) is 55.6 Å². The van der Waals surface area contributed by atoms with Crippen molar-refractivity contribution in [2.45, 2.75) is 20.4 Å². The zero-order valence-corrected chi connectivity index (χ0v) is 18.6. The van der Waals surface area contributed by atoms with Crippen LogP contribution in [0.1, 0.15) is 18.1 Å². The summed E-state index contributed by atoms with van der Waals surface area (Å²) in [5, 5.41) is 8.86. The van der Waals surface area contributed by atoms with E-state index in [9.17, 15) is 4.79 Å². The van der Waals surface area contributed by atoms with E-state index in [0.29, 0.717) is 24.7 Å². The van der Waals surface area contributed by atoms with Gasteiger partial charge in [0.2, 0.25) is 0 Å². The zero-order chi connectivity index (χ0) is 20.6. The van der Waals surface area contributed by atoms with E-state index in [1.54, 1.807) is 17.5 Å². The quantitative estimate of drug-likeness (QED) is 0.442. The fourth-order valence-corrected chi connectivity index (χ4v) is 3.54. The Labute approximate surface area is 182 Å². The molecule has 1 aromatic heterocycles. The number of ether oxygens (including phenoxy) is 2. The summed E-state index contributed by atoms with van der Waals surface area (Å²) >= 11 is 5.11. The van der Waals surface area contributed by atoms with Gasteiger partial charge in [-0.15, -0.1) is 11.3 Å². The van der Waals surface area contributed by atoms with Crippen molar-refractivity contribution < 1.29 is 14.3 Å². The molecule has 0 unspecified atom stereocenters. The Morgan fingerprint density at radius 2 is 1.93 bits per heavy atom. The molecule has 0 bridgehead atoms. The number of amides is 1. The fourth-order valence-electron chi connectivity index (χ4n) is 2.55. The standard InChI is InChI=1S/C21H22BrN3O3S/c1-3-27-18-10-15(12-24-21-23-8-9-29-21)17(22)11-19(18)28-13-20(26)25-16-6-4-14(2)5-7-16/h4-11H,3,12-13H2,1-2H3,(H,23,24)(H,25,26). The number of benzene rings is 2. The van der Waals surface area contributed by atoms with Crippen molar-refractivity contribution in [3.8, 4) is 11.5 Å². The van der Waals surface area contributed by atoms with Crippen LogP contribution in [-0.2, 0) is 11.3 Å². The summed E-state index contributed by atoms with van der Waals surface area (Å²) in [6.07, 6.45) is 1.76. The highest BCUT2D eigenvalue weighted by Crippen LogP contribution is 2.34. The summed E-state index contributed by atoms with van der Waals surface area (Å²) < 4.78 is 12.3. The number of halogens is 1. The summed E-state index contributed by atoms with van der Waals surface area (Å²) in [6, 6.07) is 11.3. The molecule has 1 heterocycles. The number of rotatable bonds is 9. The van der Waals surface area contributed by atoms with Gasteiger partial charge in [0.25, 0.3) is 5.91 Å². The molecular formula is C21H22BrN3O3S. The highest BCUT2D eigenvalue weighted by Gasteiger charge is 2.13. The molecule has 0 fully saturated rings. The van der Waals surface area contributed by atoms with Crippen LogP contribution in [0.3, 0.4) is 0 Å². The normalized spacial score (nSPS) is 10.4. The molecule has 2 N–H and O–H groups in total. The molecule has 3 rings (SSSR count). The van der Waals surface area contributed by atoms with Crippen LogP contribution >= 0.6 is 27.3 Å². The lowest BCUT2D eigenvalue weighted by Crippen LogP contribution is -2.20. The van der Waals surface area contributed by atoms with Crippen molar-refractivity contribution in [2.75, 3.05) is 23.8 Å². The SMILES string of the molecule is CCOc1cc(CNc2nccs2)c(Br)cc1OCC(=O)Nc1ccc(C)cc1. The lowest BCUT2D eigenvalue weighted by atomic mass is 10.2. The average molecular weight is 476 g/mol. The van der Waals surface area contributed by atoms with Gasteiger partial charge in [0.1, 0.15) is 0 Å². The predicted octanol–water partition coefficient (Wildman–Crippen LogP) is 5.24. The van der Waals surface area contributed by atoms with E-state index < -0.39 is 0 Å². The molecule has 0 radical (unpaired) electrons. The van der Waals surface area contributed by atoms with Crippen LogP contribution in [0.15, 0.2) is 52.4 Å². The number of nitrogens with one attached hydrogen (secondary N) is 2. The molecular weight excluding hydrogens is 454 g/mol. The maximum Gasteiger partial charge on any atom is 0.262 e. The topological polar surface area (TPSA) is 72.5 Å². The summed E-state index contributed by atoms with van der Waals surface area (Å²) in [7, 11) is 0. The third-order valence-electron chi connectivity index (χ3n) is 3.97. The number of hydrogen-bond acceptors (Lipinski definition) is 6. The van der Waals surface area contributed by atoms with Gasteiger partial charge >= 0.3 is 0 Å². The van der Waals surface area contributed by atoms with Crippen molar-refractivity contribution in [1.29, 1.82) is 0 Å². The van der Waals surface area contributed by atoms with Gasteiger partial charge < -0.3 is 20.1 Å². The number of carbonyl (C=O) groups excluding carboxylic acids is 1. The van der Waals surface area contributed by atoms with E-state index >= 15 is 0 Å². The number of carbonyl (C=O) groups is 1. The van der Waals surface area contributed by atoms with Gasteiger partial charge in [0.05, 0.1) is 6.61 Å². The lowest BCUT2D eigenvalue weighted by molar-refractivity contribution is -0.118. The second-order valence-electron chi connectivity index (χ2n) is 6.22. The third-order valence-corrected chi connectivity index (χ3v) is 5.44. The molecule has 29 heavy (non-hydrogen) atoms. The van der Waals surface area contributed by atoms with Crippen LogP contribution in [0.2, 0.25) is 0 Å². The Hall–Kier alpha value is -2.58. The van der Waals surface area contributed by atoms with Gasteiger partial charge in [-0.05, 0) is 43.7 Å². The Kier molecular flexibility index (Phi) is 7.48. The first-order chi connectivity index (χ1) is 14.0. The molecule has 2 aromatic carbocycles. The number of aryl methyl sites for hydroxylation is 1. The molecule has 0 spiro atoms. The molecule has 8 heteroatoms. The Morgan fingerprint density at radius 1 is 1.17 bits per heavy atom. The fraction of sp³-hybridized carbons (Fsp3) is 0.238. The first-order valence-corrected chi connectivity index (χ1v) is 10.8. The van der Waals surface area contributed by atoms with Crippen molar-refractivity contribution in [3.63, 3.8) is 0 Å². The molecule has 3 aromatic rings. The number of thiazole rings is 1. The van der Waals surface area contributed by atoms with E-state index in [2.05, 4.69) is 31.5 Å². The van der Waals surface area contributed by atoms with Crippen LogP contribution in [-0.4, -0.2) is 24.1 Å². The minimum atomic E-state index is -0.234. The molecule has 0 saturated heterocycles. The minimum absolute atomic E-state index is 0.114. The molecule has 0 saturated carbocycles. The number of hydrogen-bond donors (Lipinski definition) is 2. The zero-order valence-electron chi connectivity index (χ0n) is 16.2. The summed E-state index contributed by atoms with van der Waals surface area (Å²) in [5.41, 5.74) is 2.87. The van der Waals surface area contributed by atoms with Crippen molar-refractivity contribution >= 4 is 44.0 Å². The molecule has 0 aliphatic carbocycles. The average Bonchev–Trinajstić information content (AvgIpc) is 3.22.